The van der Waals surface area contributed by atoms with Crippen molar-refractivity contribution in [1.29, 1.82) is 0 Å². The number of carbonyl (C=O) groups is 2. The molecule has 4 aromatic rings. The molecule has 5 N–H and O–H groups in total. The van der Waals surface area contributed by atoms with Crippen LogP contribution >= 0.6 is 12.4 Å². The molecule has 2 aliphatic rings. The number of fused-ring (bicyclic) bond motifs is 2. The van der Waals surface area contributed by atoms with Gasteiger partial charge in [-0.15, -0.1) is 12.4 Å². The van der Waals surface area contributed by atoms with Crippen LogP contribution < -0.4 is 31.2 Å². The molecule has 9 heteroatoms. The molecule has 4 aromatic carbocycles. The fourth-order valence-electron chi connectivity index (χ4n) is 4.42. The molecule has 0 bridgehead atoms. The molecule has 6 rings (SSSR count). The third-order valence-corrected chi connectivity index (χ3v) is 6.52. The van der Waals surface area contributed by atoms with E-state index in [4.69, 9.17) is 15.2 Å². The molecular formula is C31H31ClN4O4. The summed E-state index contributed by atoms with van der Waals surface area (Å²) in [7, 11) is 1.75. The summed E-state index contributed by atoms with van der Waals surface area (Å²) in [6, 6.07) is 30.4. The van der Waals surface area contributed by atoms with Crippen molar-refractivity contribution in [3.05, 3.63) is 97.1 Å². The van der Waals surface area contributed by atoms with E-state index in [1.165, 1.54) is 0 Å². The van der Waals surface area contributed by atoms with E-state index < -0.39 is 6.04 Å². The Morgan fingerprint density at radius 3 is 1.65 bits per heavy atom. The molecule has 2 atom stereocenters. The Morgan fingerprint density at radius 2 is 1.15 bits per heavy atom. The number of rotatable bonds is 3. The fourth-order valence-corrected chi connectivity index (χ4v) is 4.42. The van der Waals surface area contributed by atoms with Gasteiger partial charge in [-0.1, -0.05) is 84.9 Å². The smallest absolute Gasteiger partial charge is 0.245 e. The lowest BCUT2D eigenvalue weighted by atomic mass is 10.0. The summed E-state index contributed by atoms with van der Waals surface area (Å²) in [5.41, 5.74) is 11.1. The SMILES string of the molecule is CN[C@H]1COc2c(cccc2-c2ccccc2)NC1=O.Cl.N[C@H]1COc2c(cccc2-c2ccccc2)NC1=O. The monoisotopic (exact) mass is 558 g/mol. The van der Waals surface area contributed by atoms with Gasteiger partial charge in [-0.25, -0.2) is 0 Å². The highest BCUT2D eigenvalue weighted by Crippen LogP contribution is 2.38. The van der Waals surface area contributed by atoms with Crippen LogP contribution in [0, 0.1) is 0 Å². The van der Waals surface area contributed by atoms with Gasteiger partial charge in [-0.2, -0.15) is 0 Å². The fraction of sp³-hybridized carbons (Fsp3) is 0.161. The molecule has 206 valence electrons. The van der Waals surface area contributed by atoms with E-state index >= 15 is 0 Å². The van der Waals surface area contributed by atoms with E-state index in [1.807, 2.05) is 97.1 Å². The molecule has 0 spiro atoms. The first-order valence-electron chi connectivity index (χ1n) is 12.7. The molecule has 0 fully saturated rings. The Labute approximate surface area is 239 Å². The number of anilines is 2. The van der Waals surface area contributed by atoms with Crippen LogP contribution in [0.2, 0.25) is 0 Å². The number of halogens is 1. The highest BCUT2D eigenvalue weighted by Gasteiger charge is 2.25. The summed E-state index contributed by atoms with van der Waals surface area (Å²) in [6.45, 7) is 0.502. The van der Waals surface area contributed by atoms with Gasteiger partial charge in [0.1, 0.15) is 25.3 Å². The van der Waals surface area contributed by atoms with Gasteiger partial charge in [0.25, 0.3) is 0 Å². The Morgan fingerprint density at radius 1 is 0.675 bits per heavy atom. The maximum Gasteiger partial charge on any atom is 0.245 e. The number of amides is 2. The number of nitrogens with one attached hydrogen (secondary N) is 3. The van der Waals surface area contributed by atoms with Crippen molar-refractivity contribution < 1.29 is 19.1 Å². The summed E-state index contributed by atoms with van der Waals surface area (Å²) in [5, 5.41) is 8.65. The number of para-hydroxylation sites is 2. The lowest BCUT2D eigenvalue weighted by Gasteiger charge is -2.13. The summed E-state index contributed by atoms with van der Waals surface area (Å²) < 4.78 is 11.6. The summed E-state index contributed by atoms with van der Waals surface area (Å²) in [5.74, 6) is 1.11. The molecule has 0 aliphatic carbocycles. The number of likely N-dealkylation sites (N-methyl/N-ethyl adjacent to an activating group) is 1. The van der Waals surface area contributed by atoms with Gasteiger partial charge < -0.3 is 31.2 Å². The van der Waals surface area contributed by atoms with Gasteiger partial charge in [-0.3, -0.25) is 9.59 Å². The second-order valence-corrected chi connectivity index (χ2v) is 9.14. The van der Waals surface area contributed by atoms with Crippen LogP contribution in [0.3, 0.4) is 0 Å². The van der Waals surface area contributed by atoms with Crippen molar-refractivity contribution in [2.75, 3.05) is 30.9 Å². The Hall–Kier alpha value is -4.37. The molecule has 8 nitrogen and oxygen atoms in total. The van der Waals surface area contributed by atoms with E-state index in [1.54, 1.807) is 7.05 Å². The van der Waals surface area contributed by atoms with Crippen molar-refractivity contribution in [1.82, 2.24) is 5.32 Å². The van der Waals surface area contributed by atoms with Gasteiger partial charge in [0.2, 0.25) is 11.8 Å². The second-order valence-electron chi connectivity index (χ2n) is 9.14. The van der Waals surface area contributed by atoms with Gasteiger partial charge >= 0.3 is 0 Å². The number of ether oxygens (including phenoxy) is 2. The molecule has 0 saturated carbocycles. The summed E-state index contributed by atoms with van der Waals surface area (Å²) in [4.78, 5) is 23.7. The van der Waals surface area contributed by atoms with Gasteiger partial charge in [0, 0.05) is 11.1 Å². The van der Waals surface area contributed by atoms with Crippen LogP contribution in [-0.2, 0) is 9.59 Å². The Bertz CT molecular complexity index is 1470. The number of benzene rings is 4. The van der Waals surface area contributed by atoms with E-state index in [0.29, 0.717) is 23.7 Å². The molecule has 0 aromatic heterocycles. The van der Waals surface area contributed by atoms with Crippen LogP contribution in [0.4, 0.5) is 11.4 Å². The first-order chi connectivity index (χ1) is 19.0. The Kier molecular flexibility index (Phi) is 9.39. The first-order valence-corrected chi connectivity index (χ1v) is 12.7. The zero-order chi connectivity index (χ0) is 27.2. The first kappa shape index (κ1) is 28.6. The number of hydrogen-bond acceptors (Lipinski definition) is 6. The lowest BCUT2D eigenvalue weighted by Crippen LogP contribution is -2.41. The lowest BCUT2D eigenvalue weighted by molar-refractivity contribution is -0.118. The summed E-state index contributed by atoms with van der Waals surface area (Å²) in [6.07, 6.45) is 0. The number of hydrogen-bond donors (Lipinski definition) is 4. The minimum atomic E-state index is -0.643. The maximum atomic E-state index is 12.0. The molecule has 0 saturated heterocycles. The molecule has 2 heterocycles. The predicted octanol–water partition coefficient (Wildman–Crippen LogP) is 4.71. The molecule has 0 unspecified atom stereocenters. The molecule has 40 heavy (non-hydrogen) atoms. The highest BCUT2D eigenvalue weighted by molar-refractivity contribution is 5.99. The van der Waals surface area contributed by atoms with Crippen molar-refractivity contribution >= 4 is 35.6 Å². The average molecular weight is 559 g/mol. The molecule has 2 amide bonds. The predicted molar refractivity (Wildman–Crippen MR) is 160 cm³/mol. The minimum Gasteiger partial charge on any atom is -0.489 e. The topological polar surface area (TPSA) is 115 Å². The Balaban J connectivity index is 0.000000181. The van der Waals surface area contributed by atoms with Crippen molar-refractivity contribution in [3.63, 3.8) is 0 Å². The van der Waals surface area contributed by atoms with Gasteiger partial charge in [-0.05, 0) is 30.3 Å². The van der Waals surface area contributed by atoms with Crippen LogP contribution in [0.15, 0.2) is 97.1 Å². The van der Waals surface area contributed by atoms with Crippen molar-refractivity contribution in [3.8, 4) is 33.8 Å². The van der Waals surface area contributed by atoms with Crippen LogP contribution in [0.5, 0.6) is 11.5 Å². The van der Waals surface area contributed by atoms with Crippen LogP contribution in [0.1, 0.15) is 0 Å². The van der Waals surface area contributed by atoms with E-state index in [-0.39, 0.29) is 36.9 Å². The average Bonchev–Trinajstić information content (AvgIpc) is 3.24. The molecule has 2 aliphatic heterocycles. The third-order valence-electron chi connectivity index (χ3n) is 6.52. The number of carbonyl (C=O) groups excluding carboxylic acids is 2. The van der Waals surface area contributed by atoms with Gasteiger partial charge in [0.05, 0.1) is 11.4 Å². The van der Waals surface area contributed by atoms with Crippen LogP contribution in [-0.4, -0.2) is 44.2 Å². The molecular weight excluding hydrogens is 528 g/mol. The zero-order valence-corrected chi connectivity index (χ0v) is 22.7. The van der Waals surface area contributed by atoms with E-state index in [0.717, 1.165) is 28.0 Å². The second kappa shape index (κ2) is 13.1. The van der Waals surface area contributed by atoms with E-state index in [9.17, 15) is 9.59 Å². The zero-order valence-electron chi connectivity index (χ0n) is 21.9. The van der Waals surface area contributed by atoms with Gasteiger partial charge in [0.15, 0.2) is 11.5 Å². The largest absolute Gasteiger partial charge is 0.489 e. The number of nitrogens with two attached hydrogens (primary N) is 1. The summed E-state index contributed by atoms with van der Waals surface area (Å²) >= 11 is 0. The maximum absolute atomic E-state index is 12.0. The molecule has 0 radical (unpaired) electrons. The van der Waals surface area contributed by atoms with Crippen LogP contribution in [0.25, 0.3) is 22.3 Å². The van der Waals surface area contributed by atoms with Crippen molar-refractivity contribution in [2.45, 2.75) is 12.1 Å². The standard InChI is InChI=1S/C16H16N2O2.C15H14N2O2.ClH/c1-17-14-10-20-15-12(11-6-3-2-4-7-11)8-5-9-13(15)18-16(14)19;16-12-9-19-14-11(10-5-2-1-3-6-10)7-4-8-13(14)17-15(12)18;/h2-9,14,17H,10H2,1H3,(H,18,19);1-8,12H,9,16H2,(H,17,18);1H/t14-;12-;/m00./s1. The normalized spacial score (nSPS) is 17.4. The minimum absolute atomic E-state index is 0. The quantitative estimate of drug-likeness (QED) is 0.290. The van der Waals surface area contributed by atoms with Crippen molar-refractivity contribution in [2.24, 2.45) is 5.73 Å². The third kappa shape index (κ3) is 6.26. The highest BCUT2D eigenvalue weighted by atomic mass is 35.5. The van der Waals surface area contributed by atoms with E-state index in [2.05, 4.69) is 16.0 Å².